The summed E-state index contributed by atoms with van der Waals surface area (Å²) >= 11 is 1.34. The average Bonchev–Trinajstić information content (AvgIpc) is 2.91. The fourth-order valence-electron chi connectivity index (χ4n) is 2.06. The maximum atomic E-state index is 8.96. The van der Waals surface area contributed by atoms with Crippen LogP contribution in [-0.4, -0.2) is 16.1 Å². The van der Waals surface area contributed by atoms with Crippen molar-refractivity contribution in [1.82, 2.24) is 9.59 Å². The van der Waals surface area contributed by atoms with E-state index in [-0.39, 0.29) is 0 Å². The highest BCUT2D eigenvalue weighted by Gasteiger charge is 2.11. The summed E-state index contributed by atoms with van der Waals surface area (Å²) in [5.74, 6) is 0.809. The van der Waals surface area contributed by atoms with Crippen LogP contribution in [0.1, 0.15) is 35.7 Å². The third-order valence-corrected chi connectivity index (χ3v) is 3.76. The molecule has 1 N–H and O–H groups in total. The molecule has 6 heteroatoms. The minimum atomic E-state index is 0.371. The van der Waals surface area contributed by atoms with Crippen molar-refractivity contribution in [2.24, 2.45) is 0 Å². The standard InChI is InChI=1S/C15H18N4OS/c1-4-5-17-15-13(18-19-21-15)9-20-14-10(2)6-12(8-16)7-11(14)3/h6-7,17H,4-5,9H2,1-3H3. The predicted octanol–water partition coefficient (Wildman–Crippen LogP) is 3.43. The van der Waals surface area contributed by atoms with Gasteiger partial charge in [-0.2, -0.15) is 5.26 Å². The second-order valence-electron chi connectivity index (χ2n) is 4.82. The van der Waals surface area contributed by atoms with Gasteiger partial charge in [-0.3, -0.25) is 0 Å². The average molecular weight is 302 g/mol. The Hall–Kier alpha value is -2.13. The zero-order chi connectivity index (χ0) is 15.2. The van der Waals surface area contributed by atoms with E-state index >= 15 is 0 Å². The Morgan fingerprint density at radius 1 is 1.33 bits per heavy atom. The van der Waals surface area contributed by atoms with Gasteiger partial charge in [0, 0.05) is 18.1 Å². The number of aryl methyl sites for hydroxylation is 2. The van der Waals surface area contributed by atoms with Crippen LogP contribution in [0.25, 0.3) is 0 Å². The van der Waals surface area contributed by atoms with E-state index in [1.807, 2.05) is 26.0 Å². The molecule has 0 aliphatic carbocycles. The molecule has 0 fully saturated rings. The van der Waals surface area contributed by atoms with Crippen molar-refractivity contribution in [2.75, 3.05) is 11.9 Å². The van der Waals surface area contributed by atoms with Crippen LogP contribution in [-0.2, 0) is 6.61 Å². The molecule has 21 heavy (non-hydrogen) atoms. The number of nitrogens with one attached hydrogen (secondary N) is 1. The van der Waals surface area contributed by atoms with Crippen LogP contribution in [0.3, 0.4) is 0 Å². The highest BCUT2D eigenvalue weighted by molar-refractivity contribution is 7.10. The van der Waals surface area contributed by atoms with E-state index in [0.29, 0.717) is 12.2 Å². The molecule has 1 heterocycles. The molecule has 0 saturated carbocycles. The smallest absolute Gasteiger partial charge is 0.136 e. The van der Waals surface area contributed by atoms with Gasteiger partial charge >= 0.3 is 0 Å². The van der Waals surface area contributed by atoms with Crippen LogP contribution in [0.4, 0.5) is 5.00 Å². The van der Waals surface area contributed by atoms with E-state index in [9.17, 15) is 0 Å². The monoisotopic (exact) mass is 302 g/mol. The van der Waals surface area contributed by atoms with Gasteiger partial charge in [0.05, 0.1) is 11.6 Å². The van der Waals surface area contributed by atoms with Crippen molar-refractivity contribution in [3.05, 3.63) is 34.5 Å². The van der Waals surface area contributed by atoms with Crippen molar-refractivity contribution < 1.29 is 4.74 Å². The van der Waals surface area contributed by atoms with Gasteiger partial charge in [-0.25, -0.2) is 0 Å². The predicted molar refractivity (Wildman–Crippen MR) is 83.7 cm³/mol. The topological polar surface area (TPSA) is 70.8 Å². The van der Waals surface area contributed by atoms with Crippen molar-refractivity contribution >= 4 is 16.5 Å². The van der Waals surface area contributed by atoms with Gasteiger partial charge in [0.2, 0.25) is 0 Å². The Balaban J connectivity index is 2.10. The number of rotatable bonds is 6. The number of nitrogens with zero attached hydrogens (tertiary/aromatic N) is 3. The van der Waals surface area contributed by atoms with Crippen LogP contribution < -0.4 is 10.1 Å². The minimum absolute atomic E-state index is 0.371. The van der Waals surface area contributed by atoms with Crippen molar-refractivity contribution in [3.63, 3.8) is 0 Å². The SMILES string of the molecule is CCCNc1snnc1COc1c(C)cc(C#N)cc1C. The van der Waals surface area contributed by atoms with E-state index in [4.69, 9.17) is 10.00 Å². The van der Waals surface area contributed by atoms with Crippen LogP contribution in [0.5, 0.6) is 5.75 Å². The zero-order valence-electron chi connectivity index (χ0n) is 12.4. The Bertz CT molecular complexity index is 637. The molecule has 5 nitrogen and oxygen atoms in total. The number of anilines is 1. The van der Waals surface area contributed by atoms with E-state index in [0.717, 1.165) is 40.5 Å². The van der Waals surface area contributed by atoms with Gasteiger partial charge in [0.25, 0.3) is 0 Å². The summed E-state index contributed by atoms with van der Waals surface area (Å²) in [6.45, 7) is 7.26. The Morgan fingerprint density at radius 2 is 2.05 bits per heavy atom. The summed E-state index contributed by atoms with van der Waals surface area (Å²) < 4.78 is 9.85. The second-order valence-corrected chi connectivity index (χ2v) is 5.57. The quantitative estimate of drug-likeness (QED) is 0.885. The first-order valence-corrected chi connectivity index (χ1v) is 7.62. The van der Waals surface area contributed by atoms with Crippen molar-refractivity contribution in [3.8, 4) is 11.8 Å². The molecular weight excluding hydrogens is 284 g/mol. The number of hydrogen-bond acceptors (Lipinski definition) is 6. The first kappa shape index (κ1) is 15.3. The summed E-state index contributed by atoms with van der Waals surface area (Å²) in [6, 6.07) is 5.81. The molecule has 0 atom stereocenters. The van der Waals surface area contributed by atoms with Gasteiger partial charge in [-0.15, -0.1) is 5.10 Å². The highest BCUT2D eigenvalue weighted by Crippen LogP contribution is 2.27. The van der Waals surface area contributed by atoms with Gasteiger partial charge in [-0.1, -0.05) is 11.4 Å². The summed E-state index contributed by atoms with van der Waals surface area (Å²) in [4.78, 5) is 0. The van der Waals surface area contributed by atoms with Crippen LogP contribution in [0.15, 0.2) is 12.1 Å². The molecular formula is C15H18N4OS. The van der Waals surface area contributed by atoms with E-state index in [1.54, 1.807) is 0 Å². The molecule has 0 aliphatic rings. The molecule has 110 valence electrons. The van der Waals surface area contributed by atoms with Crippen molar-refractivity contribution in [2.45, 2.75) is 33.8 Å². The molecule has 0 spiro atoms. The molecule has 0 radical (unpaired) electrons. The lowest BCUT2D eigenvalue weighted by molar-refractivity contribution is 0.297. The third kappa shape index (κ3) is 3.70. The highest BCUT2D eigenvalue weighted by atomic mass is 32.1. The van der Waals surface area contributed by atoms with Gasteiger partial charge < -0.3 is 10.1 Å². The van der Waals surface area contributed by atoms with E-state index < -0.39 is 0 Å². The van der Waals surface area contributed by atoms with Crippen LogP contribution >= 0.6 is 11.5 Å². The fourth-order valence-corrected chi connectivity index (χ4v) is 2.65. The minimum Gasteiger partial charge on any atom is -0.487 e. The molecule has 0 bridgehead atoms. The van der Waals surface area contributed by atoms with Crippen molar-refractivity contribution in [1.29, 1.82) is 5.26 Å². The number of nitriles is 1. The Morgan fingerprint density at radius 3 is 2.67 bits per heavy atom. The largest absolute Gasteiger partial charge is 0.487 e. The van der Waals surface area contributed by atoms with Gasteiger partial charge in [0.1, 0.15) is 23.1 Å². The summed E-state index contributed by atoms with van der Waals surface area (Å²) in [7, 11) is 0. The first-order valence-electron chi connectivity index (χ1n) is 6.85. The lowest BCUT2D eigenvalue weighted by Crippen LogP contribution is -2.05. The Kier molecular flexibility index (Phi) is 5.12. The molecule has 0 amide bonds. The van der Waals surface area contributed by atoms with Crippen LogP contribution in [0.2, 0.25) is 0 Å². The molecule has 2 aromatic rings. The summed E-state index contributed by atoms with van der Waals surface area (Å²) in [5.41, 5.74) is 3.38. The molecule has 2 rings (SSSR count). The third-order valence-electron chi connectivity index (χ3n) is 3.03. The Labute approximate surface area is 128 Å². The molecule has 0 aliphatic heterocycles. The fraction of sp³-hybridized carbons (Fsp3) is 0.400. The lowest BCUT2D eigenvalue weighted by Gasteiger charge is -2.12. The molecule has 1 aromatic heterocycles. The number of benzene rings is 1. The van der Waals surface area contributed by atoms with E-state index in [1.165, 1.54) is 11.5 Å². The lowest BCUT2D eigenvalue weighted by atomic mass is 10.1. The number of ether oxygens (including phenoxy) is 1. The molecule has 1 aromatic carbocycles. The molecule has 0 unspecified atom stereocenters. The normalized spacial score (nSPS) is 10.2. The second kappa shape index (κ2) is 7.04. The maximum Gasteiger partial charge on any atom is 0.136 e. The number of hydrogen-bond donors (Lipinski definition) is 1. The zero-order valence-corrected chi connectivity index (χ0v) is 13.3. The van der Waals surface area contributed by atoms with Crippen LogP contribution in [0, 0.1) is 25.2 Å². The number of aromatic nitrogens is 2. The summed E-state index contributed by atoms with van der Waals surface area (Å²) in [6.07, 6.45) is 1.05. The van der Waals surface area contributed by atoms with Gasteiger partial charge in [0.15, 0.2) is 0 Å². The summed E-state index contributed by atoms with van der Waals surface area (Å²) in [5, 5.41) is 17.3. The maximum absolute atomic E-state index is 8.96. The molecule has 0 saturated heterocycles. The van der Waals surface area contributed by atoms with Gasteiger partial charge in [-0.05, 0) is 43.5 Å². The van der Waals surface area contributed by atoms with E-state index in [2.05, 4.69) is 27.9 Å². The first-order chi connectivity index (χ1) is 10.2.